The summed E-state index contributed by atoms with van der Waals surface area (Å²) in [6.45, 7) is 3.03. The fourth-order valence-electron chi connectivity index (χ4n) is 3.12. The first-order valence-corrected chi connectivity index (χ1v) is 8.77. The highest BCUT2D eigenvalue weighted by molar-refractivity contribution is 5.84. The summed E-state index contributed by atoms with van der Waals surface area (Å²) >= 11 is 0. The number of ketones is 1. The van der Waals surface area contributed by atoms with Gasteiger partial charge in [-0.2, -0.15) is 0 Å². The van der Waals surface area contributed by atoms with E-state index < -0.39 is 0 Å². The summed E-state index contributed by atoms with van der Waals surface area (Å²) < 4.78 is 11.8. The molecule has 2 rings (SSSR count). The molecule has 120 valence electrons. The van der Waals surface area contributed by atoms with Gasteiger partial charge in [-0.1, -0.05) is 38.3 Å². The molecule has 0 spiro atoms. The number of Topliss-reactive ketones (excluding diaryl/α,β-unsaturated/α-hetero) is 1. The number of rotatable bonds is 8. The zero-order valence-corrected chi connectivity index (χ0v) is 13.4. The first-order valence-electron chi connectivity index (χ1n) is 8.77. The van der Waals surface area contributed by atoms with Crippen LogP contribution in [0.25, 0.3) is 0 Å². The van der Waals surface area contributed by atoms with Gasteiger partial charge in [-0.3, -0.25) is 4.79 Å². The van der Waals surface area contributed by atoms with Crippen LogP contribution in [0.5, 0.6) is 0 Å². The van der Waals surface area contributed by atoms with Crippen molar-refractivity contribution in [1.82, 2.24) is 0 Å². The van der Waals surface area contributed by atoms with E-state index in [1.165, 1.54) is 25.7 Å². The van der Waals surface area contributed by atoms with Gasteiger partial charge < -0.3 is 9.47 Å². The van der Waals surface area contributed by atoms with Crippen LogP contribution >= 0.6 is 0 Å². The molecular weight excluding hydrogens is 264 g/mol. The lowest BCUT2D eigenvalue weighted by Crippen LogP contribution is -2.27. The van der Waals surface area contributed by atoms with Crippen LogP contribution in [-0.4, -0.2) is 24.8 Å². The fourth-order valence-corrected chi connectivity index (χ4v) is 3.12. The number of allylic oxidation sites excluding steroid dienone is 1. The van der Waals surface area contributed by atoms with Crippen molar-refractivity contribution >= 4 is 5.78 Å². The molecule has 1 saturated heterocycles. The molecule has 0 bridgehead atoms. The number of hydrogen-bond donors (Lipinski definition) is 0. The van der Waals surface area contributed by atoms with Crippen LogP contribution in [0.2, 0.25) is 0 Å². The Bertz CT molecular complexity index is 331. The molecule has 3 heteroatoms. The third kappa shape index (κ3) is 5.91. The first kappa shape index (κ1) is 16.7. The van der Waals surface area contributed by atoms with Gasteiger partial charge in [-0.25, -0.2) is 0 Å². The van der Waals surface area contributed by atoms with Gasteiger partial charge >= 0.3 is 0 Å². The summed E-state index contributed by atoms with van der Waals surface area (Å²) in [5.41, 5.74) is 0. The van der Waals surface area contributed by atoms with Crippen LogP contribution in [-0.2, 0) is 14.3 Å². The minimum Gasteiger partial charge on any atom is -0.353 e. The minimum atomic E-state index is -0.0469. The van der Waals surface area contributed by atoms with Gasteiger partial charge in [0.15, 0.2) is 6.29 Å². The lowest BCUT2D eigenvalue weighted by molar-refractivity contribution is -0.179. The summed E-state index contributed by atoms with van der Waals surface area (Å²) in [4.78, 5) is 11.7. The quantitative estimate of drug-likeness (QED) is 0.491. The Kier molecular flexibility index (Phi) is 7.45. The SMILES string of the molecule is CCCCCC(/C=C/C1CCCC1=O)OC1CCCCO1. The molecule has 3 unspecified atom stereocenters. The maximum absolute atomic E-state index is 11.7. The average molecular weight is 294 g/mol. The Morgan fingerprint density at radius 1 is 1.29 bits per heavy atom. The van der Waals surface area contributed by atoms with E-state index in [9.17, 15) is 4.79 Å². The van der Waals surface area contributed by atoms with Gasteiger partial charge in [0.2, 0.25) is 0 Å². The van der Waals surface area contributed by atoms with E-state index in [4.69, 9.17) is 9.47 Å². The maximum atomic E-state index is 11.7. The normalized spacial score (nSPS) is 28.3. The highest BCUT2D eigenvalue weighted by Crippen LogP contribution is 2.24. The summed E-state index contributed by atoms with van der Waals surface area (Å²) in [7, 11) is 0. The Morgan fingerprint density at radius 3 is 2.86 bits per heavy atom. The van der Waals surface area contributed by atoms with E-state index in [0.717, 1.165) is 45.1 Å². The van der Waals surface area contributed by atoms with Crippen molar-refractivity contribution < 1.29 is 14.3 Å². The van der Waals surface area contributed by atoms with Crippen molar-refractivity contribution in [3.8, 4) is 0 Å². The zero-order chi connectivity index (χ0) is 14.9. The second-order valence-corrected chi connectivity index (χ2v) is 6.32. The molecule has 21 heavy (non-hydrogen) atoms. The summed E-state index contributed by atoms with van der Waals surface area (Å²) in [5.74, 6) is 0.530. The van der Waals surface area contributed by atoms with Crippen LogP contribution in [0.1, 0.15) is 71.1 Å². The molecule has 1 heterocycles. The number of unbranched alkanes of at least 4 members (excludes halogenated alkanes) is 2. The van der Waals surface area contributed by atoms with E-state index >= 15 is 0 Å². The minimum absolute atomic E-state index is 0.0469. The third-order valence-corrected chi connectivity index (χ3v) is 4.47. The lowest BCUT2D eigenvalue weighted by Gasteiger charge is -2.26. The zero-order valence-electron chi connectivity index (χ0n) is 13.4. The topological polar surface area (TPSA) is 35.5 Å². The largest absolute Gasteiger partial charge is 0.353 e. The number of ether oxygens (including phenoxy) is 2. The third-order valence-electron chi connectivity index (χ3n) is 4.47. The van der Waals surface area contributed by atoms with Crippen molar-refractivity contribution in [2.75, 3.05) is 6.61 Å². The molecule has 1 saturated carbocycles. The highest BCUT2D eigenvalue weighted by Gasteiger charge is 2.23. The van der Waals surface area contributed by atoms with E-state index in [0.29, 0.717) is 5.78 Å². The predicted octanol–water partition coefficient (Wildman–Crippen LogP) is 4.40. The molecule has 0 aromatic heterocycles. The summed E-state index contributed by atoms with van der Waals surface area (Å²) in [6.07, 6.45) is 15.1. The molecule has 0 aromatic carbocycles. The van der Waals surface area contributed by atoms with Gasteiger partial charge in [0.25, 0.3) is 0 Å². The van der Waals surface area contributed by atoms with Crippen LogP contribution in [0, 0.1) is 5.92 Å². The molecule has 1 aliphatic heterocycles. The lowest BCUT2D eigenvalue weighted by atomic mass is 10.0. The molecule has 0 aromatic rings. The molecule has 2 fully saturated rings. The van der Waals surface area contributed by atoms with E-state index in [1.807, 2.05) is 0 Å². The van der Waals surface area contributed by atoms with Gasteiger partial charge in [0.1, 0.15) is 5.78 Å². The van der Waals surface area contributed by atoms with Crippen molar-refractivity contribution in [2.24, 2.45) is 5.92 Å². The molecule has 0 N–H and O–H groups in total. The Balaban J connectivity index is 1.84. The van der Waals surface area contributed by atoms with Crippen molar-refractivity contribution in [2.45, 2.75) is 83.5 Å². The van der Waals surface area contributed by atoms with Gasteiger partial charge in [-0.15, -0.1) is 0 Å². The second-order valence-electron chi connectivity index (χ2n) is 6.32. The van der Waals surface area contributed by atoms with E-state index in [2.05, 4.69) is 19.1 Å². The van der Waals surface area contributed by atoms with Crippen LogP contribution < -0.4 is 0 Å². The number of carbonyl (C=O) groups is 1. The average Bonchev–Trinajstić information content (AvgIpc) is 2.91. The number of hydrogen-bond acceptors (Lipinski definition) is 3. The molecule has 3 nitrogen and oxygen atoms in total. The smallest absolute Gasteiger partial charge is 0.158 e. The van der Waals surface area contributed by atoms with Crippen LogP contribution in [0.3, 0.4) is 0 Å². The standard InChI is InChI=1S/C18H30O3/c1-2-3-4-9-16(21-18-11-5-6-14-20-18)13-12-15-8-7-10-17(15)19/h12-13,15-16,18H,2-11,14H2,1H3/b13-12+. The van der Waals surface area contributed by atoms with Crippen molar-refractivity contribution in [3.05, 3.63) is 12.2 Å². The van der Waals surface area contributed by atoms with E-state index in [-0.39, 0.29) is 18.3 Å². The monoisotopic (exact) mass is 294 g/mol. The Hall–Kier alpha value is -0.670. The Morgan fingerprint density at radius 2 is 2.19 bits per heavy atom. The molecule has 1 aliphatic carbocycles. The van der Waals surface area contributed by atoms with Crippen LogP contribution in [0.15, 0.2) is 12.2 Å². The van der Waals surface area contributed by atoms with Gasteiger partial charge in [0.05, 0.1) is 6.10 Å². The first-order chi connectivity index (χ1) is 10.3. The highest BCUT2D eigenvalue weighted by atomic mass is 16.7. The molecule has 3 atom stereocenters. The molecule has 0 amide bonds. The van der Waals surface area contributed by atoms with Gasteiger partial charge in [-0.05, 0) is 38.5 Å². The second kappa shape index (κ2) is 9.37. The molecular formula is C18H30O3. The van der Waals surface area contributed by atoms with Crippen molar-refractivity contribution in [1.29, 1.82) is 0 Å². The summed E-state index contributed by atoms with van der Waals surface area (Å²) in [6, 6.07) is 0. The predicted molar refractivity (Wildman–Crippen MR) is 84.1 cm³/mol. The summed E-state index contributed by atoms with van der Waals surface area (Å²) in [5, 5.41) is 0. The Labute approximate surface area is 129 Å². The number of carbonyl (C=O) groups excluding carboxylic acids is 1. The fraction of sp³-hybridized carbons (Fsp3) is 0.833. The van der Waals surface area contributed by atoms with E-state index in [1.54, 1.807) is 0 Å². The van der Waals surface area contributed by atoms with Gasteiger partial charge in [0, 0.05) is 18.9 Å². The molecule has 0 radical (unpaired) electrons. The maximum Gasteiger partial charge on any atom is 0.158 e. The van der Waals surface area contributed by atoms with Crippen LogP contribution in [0.4, 0.5) is 0 Å². The van der Waals surface area contributed by atoms with Crippen molar-refractivity contribution in [3.63, 3.8) is 0 Å². The molecule has 2 aliphatic rings.